The molecule has 2 N–H and O–H groups in total. The summed E-state index contributed by atoms with van der Waals surface area (Å²) in [5.41, 5.74) is 2.23. The molecule has 0 saturated heterocycles. The van der Waals surface area contributed by atoms with Gasteiger partial charge in [-0.05, 0) is 30.7 Å². The van der Waals surface area contributed by atoms with Crippen LogP contribution in [0.2, 0.25) is 0 Å². The van der Waals surface area contributed by atoms with E-state index in [4.69, 9.17) is 9.47 Å². The van der Waals surface area contributed by atoms with Gasteiger partial charge >= 0.3 is 6.03 Å². The number of carbonyl (C=O) groups is 1. The van der Waals surface area contributed by atoms with Gasteiger partial charge in [-0.15, -0.1) is 0 Å². The molecule has 5 nitrogen and oxygen atoms in total. The van der Waals surface area contributed by atoms with Crippen LogP contribution in [-0.4, -0.2) is 25.3 Å². The molecule has 124 valence electrons. The Kier molecular flexibility index (Phi) is 5.01. The van der Waals surface area contributed by atoms with Gasteiger partial charge in [0.25, 0.3) is 0 Å². The molecule has 2 amide bonds. The predicted molar refractivity (Wildman–Crippen MR) is 93.1 cm³/mol. The Hall–Kier alpha value is -2.95. The van der Waals surface area contributed by atoms with Gasteiger partial charge in [0, 0.05) is 6.20 Å². The Morgan fingerprint density at radius 1 is 1.17 bits per heavy atom. The van der Waals surface area contributed by atoms with Crippen molar-refractivity contribution in [3.05, 3.63) is 65.9 Å². The zero-order chi connectivity index (χ0) is 16.8. The Bertz CT molecular complexity index is 726. The second-order valence-electron chi connectivity index (χ2n) is 5.60. The first-order valence-corrected chi connectivity index (χ1v) is 7.87. The zero-order valence-electron chi connectivity index (χ0n) is 13.5. The van der Waals surface area contributed by atoms with Crippen molar-refractivity contribution in [3.63, 3.8) is 0 Å². The second-order valence-corrected chi connectivity index (χ2v) is 5.60. The summed E-state index contributed by atoms with van der Waals surface area (Å²) in [6.07, 6.45) is 3.26. The van der Waals surface area contributed by atoms with Crippen LogP contribution in [0.4, 0.5) is 4.79 Å². The number of benzene rings is 2. The molecule has 3 rings (SSSR count). The number of hydrogen-bond donors (Lipinski definition) is 2. The minimum atomic E-state index is -0.277. The van der Waals surface area contributed by atoms with Crippen LogP contribution >= 0.6 is 0 Å². The zero-order valence-corrected chi connectivity index (χ0v) is 13.5. The van der Waals surface area contributed by atoms with Crippen molar-refractivity contribution in [1.82, 2.24) is 10.6 Å². The smallest absolute Gasteiger partial charge is 0.318 e. The first-order valence-electron chi connectivity index (χ1n) is 7.87. The van der Waals surface area contributed by atoms with E-state index in [1.54, 1.807) is 6.20 Å². The molecular weight excluding hydrogens is 304 g/mol. The molecular formula is C19H20N2O3. The van der Waals surface area contributed by atoms with E-state index in [1.165, 1.54) is 5.56 Å². The van der Waals surface area contributed by atoms with E-state index < -0.39 is 0 Å². The summed E-state index contributed by atoms with van der Waals surface area (Å²) >= 11 is 0. The third-order valence-corrected chi connectivity index (χ3v) is 3.63. The molecule has 0 spiro atoms. The van der Waals surface area contributed by atoms with E-state index in [9.17, 15) is 4.79 Å². The van der Waals surface area contributed by atoms with Gasteiger partial charge in [-0.25, -0.2) is 4.79 Å². The monoisotopic (exact) mass is 324 g/mol. The van der Waals surface area contributed by atoms with Gasteiger partial charge in [0.05, 0.1) is 6.54 Å². The number of para-hydroxylation sites is 2. The van der Waals surface area contributed by atoms with Gasteiger partial charge in [0.15, 0.2) is 17.6 Å². The highest BCUT2D eigenvalue weighted by molar-refractivity contribution is 5.75. The molecule has 1 unspecified atom stereocenters. The molecule has 2 aromatic rings. The van der Waals surface area contributed by atoms with Crippen LogP contribution < -0.4 is 20.1 Å². The van der Waals surface area contributed by atoms with Crippen LogP contribution in [0.5, 0.6) is 11.5 Å². The number of carbonyl (C=O) groups excluding carboxylic acids is 1. The van der Waals surface area contributed by atoms with Crippen LogP contribution in [0.25, 0.3) is 6.08 Å². The van der Waals surface area contributed by atoms with Gasteiger partial charge in [0.1, 0.15) is 6.61 Å². The molecule has 0 radical (unpaired) electrons. The maximum Gasteiger partial charge on any atom is 0.318 e. The average Bonchev–Trinajstić information content (AvgIpc) is 2.61. The van der Waals surface area contributed by atoms with Crippen LogP contribution in [0.3, 0.4) is 0 Å². The highest BCUT2D eigenvalue weighted by atomic mass is 16.6. The SMILES string of the molecule is Cc1ccc(/C=C/NC(=O)NCC2COc3ccccc3O2)cc1. The summed E-state index contributed by atoms with van der Waals surface area (Å²) in [4.78, 5) is 11.8. The fourth-order valence-electron chi connectivity index (χ4n) is 2.31. The van der Waals surface area contributed by atoms with Crippen molar-refractivity contribution < 1.29 is 14.3 Å². The van der Waals surface area contributed by atoms with E-state index in [0.29, 0.717) is 18.9 Å². The largest absolute Gasteiger partial charge is 0.486 e. The van der Waals surface area contributed by atoms with Crippen LogP contribution in [0.15, 0.2) is 54.7 Å². The number of fused-ring (bicyclic) bond motifs is 1. The van der Waals surface area contributed by atoms with Gasteiger partial charge < -0.3 is 20.1 Å². The highest BCUT2D eigenvalue weighted by Crippen LogP contribution is 2.30. The molecule has 0 bridgehead atoms. The third kappa shape index (κ3) is 4.29. The predicted octanol–water partition coefficient (Wildman–Crippen LogP) is 3.10. The minimum absolute atomic E-state index is 0.202. The number of aryl methyl sites for hydroxylation is 1. The van der Waals surface area contributed by atoms with E-state index in [1.807, 2.05) is 61.5 Å². The van der Waals surface area contributed by atoms with Crippen molar-refractivity contribution in [1.29, 1.82) is 0 Å². The molecule has 0 aliphatic carbocycles. The first-order chi connectivity index (χ1) is 11.7. The molecule has 0 fully saturated rings. The summed E-state index contributed by atoms with van der Waals surface area (Å²) in [5, 5.41) is 5.45. The van der Waals surface area contributed by atoms with E-state index in [0.717, 1.165) is 11.3 Å². The van der Waals surface area contributed by atoms with Crippen molar-refractivity contribution in [2.45, 2.75) is 13.0 Å². The fourth-order valence-corrected chi connectivity index (χ4v) is 2.31. The molecule has 0 saturated carbocycles. The van der Waals surface area contributed by atoms with E-state index in [2.05, 4.69) is 10.6 Å². The molecule has 1 atom stereocenters. The minimum Gasteiger partial charge on any atom is -0.486 e. The van der Waals surface area contributed by atoms with Crippen molar-refractivity contribution in [2.75, 3.05) is 13.2 Å². The lowest BCUT2D eigenvalue weighted by molar-refractivity contribution is 0.0919. The number of nitrogens with one attached hydrogen (secondary N) is 2. The van der Waals surface area contributed by atoms with Crippen LogP contribution in [-0.2, 0) is 0 Å². The molecule has 1 aliphatic rings. The van der Waals surface area contributed by atoms with Gasteiger partial charge in [-0.3, -0.25) is 0 Å². The fraction of sp³-hybridized carbons (Fsp3) is 0.211. The maximum atomic E-state index is 11.8. The standard InChI is InChI=1S/C19H20N2O3/c1-14-6-8-15(9-7-14)10-11-20-19(22)21-12-16-13-23-17-4-2-3-5-18(17)24-16/h2-11,16H,12-13H2,1H3,(H2,20,21,22)/b11-10+. The lowest BCUT2D eigenvalue weighted by atomic mass is 10.1. The molecule has 1 heterocycles. The highest BCUT2D eigenvalue weighted by Gasteiger charge is 2.20. The molecule has 1 aliphatic heterocycles. The first kappa shape index (κ1) is 15.9. The average molecular weight is 324 g/mol. The maximum absolute atomic E-state index is 11.8. The van der Waals surface area contributed by atoms with Crippen molar-refractivity contribution in [2.24, 2.45) is 0 Å². The summed E-state index contributed by atoms with van der Waals surface area (Å²) < 4.78 is 11.4. The summed E-state index contributed by atoms with van der Waals surface area (Å²) in [7, 11) is 0. The van der Waals surface area contributed by atoms with Crippen LogP contribution in [0.1, 0.15) is 11.1 Å². The summed E-state index contributed by atoms with van der Waals surface area (Å²) in [6, 6.07) is 15.3. The lowest BCUT2D eigenvalue weighted by Crippen LogP contribution is -2.43. The van der Waals surface area contributed by atoms with Gasteiger partial charge in [0.2, 0.25) is 0 Å². The Morgan fingerprint density at radius 2 is 1.92 bits per heavy atom. The number of ether oxygens (including phenoxy) is 2. The Morgan fingerprint density at radius 3 is 2.71 bits per heavy atom. The van der Waals surface area contributed by atoms with Crippen LogP contribution in [0, 0.1) is 6.92 Å². The van der Waals surface area contributed by atoms with E-state index >= 15 is 0 Å². The number of hydrogen-bond acceptors (Lipinski definition) is 3. The second kappa shape index (κ2) is 7.55. The Balaban J connectivity index is 1.42. The number of amides is 2. The topological polar surface area (TPSA) is 59.6 Å². The van der Waals surface area contributed by atoms with E-state index in [-0.39, 0.29) is 12.1 Å². The van der Waals surface area contributed by atoms with Crippen molar-refractivity contribution >= 4 is 12.1 Å². The van der Waals surface area contributed by atoms with Crippen molar-refractivity contribution in [3.8, 4) is 11.5 Å². The molecule has 5 heteroatoms. The van der Waals surface area contributed by atoms with Gasteiger partial charge in [-0.2, -0.15) is 0 Å². The molecule has 0 aromatic heterocycles. The normalized spacial score (nSPS) is 16.0. The molecule has 24 heavy (non-hydrogen) atoms. The number of rotatable bonds is 4. The quantitative estimate of drug-likeness (QED) is 0.908. The Labute approximate surface area is 141 Å². The summed E-state index contributed by atoms with van der Waals surface area (Å²) in [5.74, 6) is 1.44. The van der Waals surface area contributed by atoms with Gasteiger partial charge in [-0.1, -0.05) is 42.0 Å². The molecule has 2 aromatic carbocycles. The summed E-state index contributed by atoms with van der Waals surface area (Å²) in [6.45, 7) is 2.82. The number of urea groups is 1. The third-order valence-electron chi connectivity index (χ3n) is 3.63. The lowest BCUT2D eigenvalue weighted by Gasteiger charge is -2.26.